The lowest BCUT2D eigenvalue weighted by Gasteiger charge is -2.02. The lowest BCUT2D eigenvalue weighted by atomic mass is 10.1. The first-order valence-corrected chi connectivity index (χ1v) is 7.69. The van der Waals surface area contributed by atoms with Crippen LogP contribution in [0.25, 0.3) is 5.70 Å². The fourth-order valence-electron chi connectivity index (χ4n) is 2.25. The quantitative estimate of drug-likeness (QED) is 0.542. The molecule has 0 saturated carbocycles. The highest BCUT2D eigenvalue weighted by Crippen LogP contribution is 2.29. The summed E-state index contributed by atoms with van der Waals surface area (Å²) in [6.07, 6.45) is 2.66. The van der Waals surface area contributed by atoms with Crippen LogP contribution in [0, 0.1) is 10.1 Å². The SMILES string of the molecule is O=[N+]([O-])c1cc(C2=NC(c3ccc(Br)cc3)=CC2)ccc1Cl. The Morgan fingerprint density at radius 3 is 2.50 bits per heavy atom. The molecule has 0 radical (unpaired) electrons. The van der Waals surface area contributed by atoms with Crippen molar-refractivity contribution in [2.45, 2.75) is 6.42 Å². The number of aliphatic imine (C=N–C) groups is 1. The molecule has 0 unspecified atom stereocenters. The fourth-order valence-corrected chi connectivity index (χ4v) is 2.70. The van der Waals surface area contributed by atoms with Crippen LogP contribution in [-0.4, -0.2) is 10.6 Å². The Morgan fingerprint density at radius 2 is 1.82 bits per heavy atom. The van der Waals surface area contributed by atoms with E-state index in [-0.39, 0.29) is 10.7 Å². The van der Waals surface area contributed by atoms with Crippen LogP contribution in [0.4, 0.5) is 5.69 Å². The number of allylic oxidation sites excluding steroid dienone is 1. The largest absolute Gasteiger partial charge is 0.288 e. The van der Waals surface area contributed by atoms with Gasteiger partial charge in [0.2, 0.25) is 0 Å². The van der Waals surface area contributed by atoms with Crippen molar-refractivity contribution in [1.29, 1.82) is 0 Å². The molecule has 110 valence electrons. The molecular weight excluding hydrogens is 368 g/mol. The standard InChI is InChI=1S/C16H10BrClN2O2/c17-12-4-1-10(2-5-12)14-7-8-15(19-14)11-3-6-13(18)16(9-11)20(21)22/h1-7,9H,8H2. The van der Waals surface area contributed by atoms with Crippen LogP contribution in [0.1, 0.15) is 17.5 Å². The molecule has 3 rings (SSSR count). The molecule has 0 saturated heterocycles. The van der Waals surface area contributed by atoms with Gasteiger partial charge in [-0.3, -0.25) is 15.1 Å². The Hall–Kier alpha value is -1.98. The van der Waals surface area contributed by atoms with Crippen molar-refractivity contribution in [3.63, 3.8) is 0 Å². The van der Waals surface area contributed by atoms with Crippen molar-refractivity contribution in [3.05, 3.63) is 79.3 Å². The minimum Gasteiger partial charge on any atom is -0.258 e. The van der Waals surface area contributed by atoms with Gasteiger partial charge in [0.25, 0.3) is 5.69 Å². The van der Waals surface area contributed by atoms with Crippen molar-refractivity contribution in [2.75, 3.05) is 0 Å². The predicted molar refractivity (Wildman–Crippen MR) is 91.4 cm³/mol. The third-order valence-electron chi connectivity index (χ3n) is 3.36. The molecule has 0 aromatic heterocycles. The van der Waals surface area contributed by atoms with Gasteiger partial charge in [0.05, 0.1) is 16.3 Å². The van der Waals surface area contributed by atoms with E-state index in [9.17, 15) is 10.1 Å². The molecule has 0 fully saturated rings. The van der Waals surface area contributed by atoms with Crippen molar-refractivity contribution in [2.24, 2.45) is 4.99 Å². The lowest BCUT2D eigenvalue weighted by molar-refractivity contribution is -0.384. The molecule has 2 aromatic rings. The van der Waals surface area contributed by atoms with E-state index in [0.717, 1.165) is 27.0 Å². The summed E-state index contributed by atoms with van der Waals surface area (Å²) in [6, 6.07) is 12.6. The highest BCUT2D eigenvalue weighted by molar-refractivity contribution is 9.10. The topological polar surface area (TPSA) is 55.5 Å². The van der Waals surface area contributed by atoms with Gasteiger partial charge in [0, 0.05) is 22.5 Å². The van der Waals surface area contributed by atoms with E-state index in [2.05, 4.69) is 20.9 Å². The summed E-state index contributed by atoms with van der Waals surface area (Å²) >= 11 is 9.24. The molecule has 0 N–H and O–H groups in total. The molecule has 1 heterocycles. The zero-order chi connectivity index (χ0) is 15.7. The maximum Gasteiger partial charge on any atom is 0.288 e. The number of nitro groups is 1. The Balaban J connectivity index is 1.92. The lowest BCUT2D eigenvalue weighted by Crippen LogP contribution is -1.98. The Labute approximate surface area is 140 Å². The van der Waals surface area contributed by atoms with E-state index >= 15 is 0 Å². The van der Waals surface area contributed by atoms with Gasteiger partial charge in [-0.1, -0.05) is 51.8 Å². The van der Waals surface area contributed by atoms with E-state index in [0.29, 0.717) is 6.42 Å². The fraction of sp³-hybridized carbons (Fsp3) is 0.0625. The minimum absolute atomic E-state index is 0.0982. The number of halogens is 2. The number of hydrogen-bond acceptors (Lipinski definition) is 3. The number of rotatable bonds is 3. The Kier molecular flexibility index (Phi) is 4.09. The van der Waals surface area contributed by atoms with Crippen molar-refractivity contribution in [1.82, 2.24) is 0 Å². The van der Waals surface area contributed by atoms with Crippen LogP contribution in [-0.2, 0) is 0 Å². The predicted octanol–water partition coefficient (Wildman–Crippen LogP) is 5.24. The number of nitro benzene ring substituents is 1. The van der Waals surface area contributed by atoms with Crippen LogP contribution < -0.4 is 0 Å². The van der Waals surface area contributed by atoms with Gasteiger partial charge in [-0.25, -0.2) is 0 Å². The first-order valence-electron chi connectivity index (χ1n) is 6.52. The van der Waals surface area contributed by atoms with E-state index in [1.54, 1.807) is 6.07 Å². The second-order valence-corrected chi connectivity index (χ2v) is 6.11. The van der Waals surface area contributed by atoms with Crippen molar-refractivity contribution >= 4 is 44.6 Å². The minimum atomic E-state index is -0.482. The molecule has 0 amide bonds. The molecule has 22 heavy (non-hydrogen) atoms. The van der Waals surface area contributed by atoms with E-state index in [1.165, 1.54) is 12.1 Å². The third-order valence-corrected chi connectivity index (χ3v) is 4.21. The Bertz CT molecular complexity index is 813. The molecule has 0 atom stereocenters. The summed E-state index contributed by atoms with van der Waals surface area (Å²) in [5.74, 6) is 0. The van der Waals surface area contributed by atoms with Gasteiger partial charge >= 0.3 is 0 Å². The maximum atomic E-state index is 11.0. The van der Waals surface area contributed by atoms with E-state index in [4.69, 9.17) is 11.6 Å². The summed E-state index contributed by atoms with van der Waals surface area (Å²) < 4.78 is 1.01. The Morgan fingerprint density at radius 1 is 1.14 bits per heavy atom. The van der Waals surface area contributed by atoms with Gasteiger partial charge in [-0.05, 0) is 23.8 Å². The van der Waals surface area contributed by atoms with Crippen molar-refractivity contribution in [3.8, 4) is 0 Å². The second kappa shape index (κ2) is 6.02. The van der Waals surface area contributed by atoms with Gasteiger partial charge in [-0.2, -0.15) is 0 Å². The number of nitrogens with zero attached hydrogens (tertiary/aromatic N) is 2. The van der Waals surface area contributed by atoms with Gasteiger partial charge in [0.1, 0.15) is 5.02 Å². The molecule has 1 aliphatic rings. The smallest absolute Gasteiger partial charge is 0.258 e. The highest BCUT2D eigenvalue weighted by atomic mass is 79.9. The molecular formula is C16H10BrClN2O2. The molecule has 0 aliphatic carbocycles. The van der Waals surface area contributed by atoms with E-state index < -0.39 is 4.92 Å². The van der Waals surface area contributed by atoms with Gasteiger partial charge in [-0.15, -0.1) is 0 Å². The van der Waals surface area contributed by atoms with Gasteiger partial charge in [0.15, 0.2) is 0 Å². The summed E-state index contributed by atoms with van der Waals surface area (Å²) in [4.78, 5) is 15.1. The monoisotopic (exact) mass is 376 g/mol. The zero-order valence-corrected chi connectivity index (χ0v) is 13.6. The first kappa shape index (κ1) is 14.9. The summed E-state index contributed by atoms with van der Waals surface area (Å²) in [6.45, 7) is 0. The summed E-state index contributed by atoms with van der Waals surface area (Å²) in [7, 11) is 0. The van der Waals surface area contributed by atoms with Crippen LogP contribution in [0.3, 0.4) is 0 Å². The first-order chi connectivity index (χ1) is 10.5. The molecule has 4 nitrogen and oxygen atoms in total. The molecule has 6 heteroatoms. The average Bonchev–Trinajstić information content (AvgIpc) is 2.98. The van der Waals surface area contributed by atoms with Gasteiger partial charge < -0.3 is 0 Å². The molecule has 0 spiro atoms. The van der Waals surface area contributed by atoms with E-state index in [1.807, 2.05) is 30.3 Å². The average molecular weight is 378 g/mol. The highest BCUT2D eigenvalue weighted by Gasteiger charge is 2.17. The van der Waals surface area contributed by atoms with Crippen LogP contribution in [0.5, 0.6) is 0 Å². The summed E-state index contributed by atoms with van der Waals surface area (Å²) in [5, 5.41) is 11.1. The van der Waals surface area contributed by atoms with Crippen molar-refractivity contribution < 1.29 is 4.92 Å². The molecule has 0 bridgehead atoms. The van der Waals surface area contributed by atoms with Crippen LogP contribution in [0.15, 0.2) is 58.0 Å². The normalized spacial score (nSPS) is 13.7. The molecule has 2 aromatic carbocycles. The third kappa shape index (κ3) is 2.96. The number of hydrogen-bond donors (Lipinski definition) is 0. The summed E-state index contributed by atoms with van der Waals surface area (Å²) in [5.41, 5.74) is 3.32. The molecule has 1 aliphatic heterocycles. The maximum absolute atomic E-state index is 11.0. The van der Waals surface area contributed by atoms with Crippen LogP contribution >= 0.6 is 27.5 Å². The second-order valence-electron chi connectivity index (χ2n) is 4.78. The zero-order valence-electron chi connectivity index (χ0n) is 11.3. The van der Waals surface area contributed by atoms with Crippen LogP contribution in [0.2, 0.25) is 5.02 Å². The number of benzene rings is 2.